The Hall–Kier alpha value is -1.36. The third kappa shape index (κ3) is 2.27. The average Bonchev–Trinajstić information content (AvgIpc) is 3.05. The lowest BCUT2D eigenvalue weighted by Gasteiger charge is -2.24. The van der Waals surface area contributed by atoms with Gasteiger partial charge in [-0.3, -0.25) is 4.68 Å². The summed E-state index contributed by atoms with van der Waals surface area (Å²) in [5.74, 6) is -0.914. The first kappa shape index (κ1) is 12.7. The Morgan fingerprint density at radius 2 is 2.26 bits per heavy atom. The molecular formula is C14H20N2O3. The number of aromatic nitrogens is 2. The smallest absolute Gasteiger partial charge is 0.339 e. The Morgan fingerprint density at radius 3 is 2.89 bits per heavy atom. The van der Waals surface area contributed by atoms with Crippen molar-refractivity contribution in [1.82, 2.24) is 9.78 Å². The summed E-state index contributed by atoms with van der Waals surface area (Å²) in [5.41, 5.74) is 1.12. The van der Waals surface area contributed by atoms with Crippen molar-refractivity contribution in [3.8, 4) is 0 Å². The number of nitrogens with zero attached hydrogens (tertiary/aromatic N) is 2. The molecule has 1 N–H and O–H groups in total. The molecule has 1 unspecified atom stereocenters. The maximum atomic E-state index is 11.0. The van der Waals surface area contributed by atoms with Crippen molar-refractivity contribution in [2.45, 2.75) is 63.7 Å². The Bertz CT molecular complexity index is 489. The Kier molecular flexibility index (Phi) is 3.09. The number of aromatic carboxylic acids is 1. The molecule has 1 aromatic heterocycles. The van der Waals surface area contributed by atoms with Crippen LogP contribution in [0.15, 0.2) is 6.20 Å². The van der Waals surface area contributed by atoms with Gasteiger partial charge >= 0.3 is 5.97 Å². The molecule has 1 saturated carbocycles. The van der Waals surface area contributed by atoms with Crippen molar-refractivity contribution < 1.29 is 14.6 Å². The molecule has 2 aliphatic rings. The minimum atomic E-state index is -0.914. The Balaban J connectivity index is 1.68. The highest BCUT2D eigenvalue weighted by atomic mass is 16.5. The highest BCUT2D eigenvalue weighted by Crippen LogP contribution is 2.43. The fourth-order valence-electron chi connectivity index (χ4n) is 3.44. The van der Waals surface area contributed by atoms with E-state index >= 15 is 0 Å². The molecule has 5 heteroatoms. The van der Waals surface area contributed by atoms with Crippen LogP contribution in [0.3, 0.4) is 0 Å². The third-order valence-corrected chi connectivity index (χ3v) is 4.56. The second-order valence-corrected chi connectivity index (χ2v) is 5.80. The SMILES string of the molecule is Cc1c(C(=O)O)cnn1CC1CCC2(CCCC2)O1. The van der Waals surface area contributed by atoms with Gasteiger partial charge in [0, 0.05) is 5.69 Å². The van der Waals surface area contributed by atoms with Crippen molar-refractivity contribution in [1.29, 1.82) is 0 Å². The van der Waals surface area contributed by atoms with E-state index < -0.39 is 5.97 Å². The van der Waals surface area contributed by atoms with Gasteiger partial charge in [0.2, 0.25) is 0 Å². The summed E-state index contributed by atoms with van der Waals surface area (Å²) in [6.07, 6.45) is 8.72. The number of carboxylic acid groups (broad SMARTS) is 1. The van der Waals surface area contributed by atoms with Gasteiger partial charge in [-0.1, -0.05) is 12.8 Å². The fourth-order valence-corrected chi connectivity index (χ4v) is 3.44. The van der Waals surface area contributed by atoms with E-state index in [1.807, 2.05) is 0 Å². The van der Waals surface area contributed by atoms with E-state index in [0.29, 0.717) is 12.2 Å². The van der Waals surface area contributed by atoms with Gasteiger partial charge in [0.1, 0.15) is 5.56 Å². The van der Waals surface area contributed by atoms with E-state index in [-0.39, 0.29) is 17.3 Å². The van der Waals surface area contributed by atoms with Gasteiger partial charge in [0.05, 0.1) is 24.4 Å². The molecule has 1 saturated heterocycles. The zero-order valence-corrected chi connectivity index (χ0v) is 11.3. The molecule has 0 bridgehead atoms. The highest BCUT2D eigenvalue weighted by Gasteiger charge is 2.42. The zero-order valence-electron chi connectivity index (χ0n) is 11.3. The molecule has 1 aliphatic heterocycles. The molecule has 2 fully saturated rings. The highest BCUT2D eigenvalue weighted by molar-refractivity contribution is 5.88. The minimum absolute atomic E-state index is 0.126. The van der Waals surface area contributed by atoms with Gasteiger partial charge < -0.3 is 9.84 Å². The number of hydrogen-bond acceptors (Lipinski definition) is 3. The van der Waals surface area contributed by atoms with Gasteiger partial charge in [-0.25, -0.2) is 4.79 Å². The van der Waals surface area contributed by atoms with Gasteiger partial charge in [-0.2, -0.15) is 5.10 Å². The standard InChI is InChI=1S/C14H20N2O3/c1-10-12(13(17)18)8-15-16(10)9-11-4-7-14(19-11)5-2-3-6-14/h8,11H,2-7,9H2,1H3,(H,17,18). The lowest BCUT2D eigenvalue weighted by molar-refractivity contribution is -0.0431. The Labute approximate surface area is 112 Å². The summed E-state index contributed by atoms with van der Waals surface area (Å²) in [6.45, 7) is 2.47. The van der Waals surface area contributed by atoms with Crippen molar-refractivity contribution in [3.63, 3.8) is 0 Å². The minimum Gasteiger partial charge on any atom is -0.478 e. The predicted octanol–water partition coefficient (Wildman–Crippen LogP) is 2.38. The number of carbonyl (C=O) groups is 1. The summed E-state index contributed by atoms with van der Waals surface area (Å²) in [7, 11) is 0. The van der Waals surface area contributed by atoms with E-state index in [2.05, 4.69) is 5.10 Å². The van der Waals surface area contributed by atoms with E-state index in [1.54, 1.807) is 11.6 Å². The van der Waals surface area contributed by atoms with Crippen LogP contribution in [-0.2, 0) is 11.3 Å². The lowest BCUT2D eigenvalue weighted by Crippen LogP contribution is -2.27. The summed E-state index contributed by atoms with van der Waals surface area (Å²) >= 11 is 0. The van der Waals surface area contributed by atoms with Crippen molar-refractivity contribution >= 4 is 5.97 Å². The van der Waals surface area contributed by atoms with E-state index in [4.69, 9.17) is 9.84 Å². The Morgan fingerprint density at radius 1 is 1.53 bits per heavy atom. The van der Waals surface area contributed by atoms with Crippen LogP contribution in [-0.4, -0.2) is 32.6 Å². The normalized spacial score (nSPS) is 25.2. The molecule has 1 aromatic rings. The number of rotatable bonds is 3. The van der Waals surface area contributed by atoms with Crippen molar-refractivity contribution in [2.75, 3.05) is 0 Å². The molecule has 5 nitrogen and oxygen atoms in total. The summed E-state index contributed by atoms with van der Waals surface area (Å²) in [6, 6.07) is 0. The number of hydrogen-bond donors (Lipinski definition) is 1. The van der Waals surface area contributed by atoms with Gasteiger partial charge in [-0.05, 0) is 32.6 Å². The maximum Gasteiger partial charge on any atom is 0.339 e. The first-order valence-electron chi connectivity index (χ1n) is 7.03. The van der Waals surface area contributed by atoms with Crippen LogP contribution in [0.25, 0.3) is 0 Å². The van der Waals surface area contributed by atoms with Crippen molar-refractivity contribution in [2.24, 2.45) is 0 Å². The molecule has 1 aliphatic carbocycles. The van der Waals surface area contributed by atoms with Crippen LogP contribution < -0.4 is 0 Å². The molecule has 0 aromatic carbocycles. The molecule has 104 valence electrons. The van der Waals surface area contributed by atoms with Crippen LogP contribution >= 0.6 is 0 Å². The molecule has 1 atom stereocenters. The van der Waals surface area contributed by atoms with Crippen LogP contribution in [0, 0.1) is 6.92 Å². The largest absolute Gasteiger partial charge is 0.478 e. The third-order valence-electron chi connectivity index (χ3n) is 4.56. The first-order valence-corrected chi connectivity index (χ1v) is 7.03. The van der Waals surface area contributed by atoms with Gasteiger partial charge in [0.15, 0.2) is 0 Å². The van der Waals surface area contributed by atoms with Crippen LogP contribution in [0.2, 0.25) is 0 Å². The molecule has 0 radical (unpaired) electrons. The topological polar surface area (TPSA) is 64.3 Å². The summed E-state index contributed by atoms with van der Waals surface area (Å²) in [4.78, 5) is 11.0. The second-order valence-electron chi connectivity index (χ2n) is 5.80. The molecule has 1 spiro atoms. The van der Waals surface area contributed by atoms with Crippen LogP contribution in [0.1, 0.15) is 54.6 Å². The maximum absolute atomic E-state index is 11.0. The molecule has 0 amide bonds. The molecule has 19 heavy (non-hydrogen) atoms. The summed E-state index contributed by atoms with van der Waals surface area (Å²) in [5, 5.41) is 13.2. The zero-order chi connectivity index (χ0) is 13.5. The lowest BCUT2D eigenvalue weighted by atomic mass is 9.98. The molecule has 3 rings (SSSR count). The van der Waals surface area contributed by atoms with Crippen molar-refractivity contribution in [3.05, 3.63) is 17.5 Å². The average molecular weight is 264 g/mol. The van der Waals surface area contributed by atoms with Gasteiger partial charge in [0.25, 0.3) is 0 Å². The second kappa shape index (κ2) is 4.63. The monoisotopic (exact) mass is 264 g/mol. The fraction of sp³-hybridized carbons (Fsp3) is 0.714. The van der Waals surface area contributed by atoms with Crippen LogP contribution in [0.4, 0.5) is 0 Å². The predicted molar refractivity (Wildman–Crippen MR) is 69.2 cm³/mol. The summed E-state index contributed by atoms with van der Waals surface area (Å²) < 4.78 is 8.00. The van der Waals surface area contributed by atoms with Gasteiger partial charge in [-0.15, -0.1) is 0 Å². The molecular weight excluding hydrogens is 244 g/mol. The number of ether oxygens (including phenoxy) is 1. The van der Waals surface area contributed by atoms with Crippen LogP contribution in [0.5, 0.6) is 0 Å². The first-order chi connectivity index (χ1) is 9.10. The van der Waals surface area contributed by atoms with E-state index in [1.165, 1.54) is 31.9 Å². The molecule has 2 heterocycles. The number of carboxylic acids is 1. The van der Waals surface area contributed by atoms with E-state index in [9.17, 15) is 4.79 Å². The quantitative estimate of drug-likeness (QED) is 0.910. The van der Waals surface area contributed by atoms with E-state index in [0.717, 1.165) is 12.8 Å².